The van der Waals surface area contributed by atoms with E-state index in [2.05, 4.69) is 10.6 Å². The monoisotopic (exact) mass is 268 g/mol. The van der Waals surface area contributed by atoms with Gasteiger partial charge in [0.1, 0.15) is 5.82 Å². The van der Waals surface area contributed by atoms with Crippen LogP contribution in [-0.2, 0) is 14.3 Å². The lowest BCUT2D eigenvalue weighted by atomic mass is 10.2. The van der Waals surface area contributed by atoms with Gasteiger partial charge in [-0.25, -0.2) is 4.39 Å². The van der Waals surface area contributed by atoms with E-state index in [1.807, 2.05) is 0 Å². The second-order valence-electron chi connectivity index (χ2n) is 4.02. The van der Waals surface area contributed by atoms with Gasteiger partial charge in [0.05, 0.1) is 0 Å². The summed E-state index contributed by atoms with van der Waals surface area (Å²) in [6.07, 6.45) is 0.620. The number of hydrogen-bond donors (Lipinski definition) is 2. The van der Waals surface area contributed by atoms with Crippen molar-refractivity contribution in [1.82, 2.24) is 5.32 Å². The van der Waals surface area contributed by atoms with Crippen molar-refractivity contribution < 1.29 is 18.7 Å². The number of halogens is 1. The van der Waals surface area contributed by atoms with Crippen LogP contribution in [-0.4, -0.2) is 32.1 Å². The zero-order chi connectivity index (χ0) is 14.3. The minimum Gasteiger partial charge on any atom is -0.385 e. The van der Waals surface area contributed by atoms with Crippen molar-refractivity contribution in [3.8, 4) is 0 Å². The maximum Gasteiger partial charge on any atom is 0.313 e. The number of methoxy groups -OCH3 is 1. The fourth-order valence-electron chi connectivity index (χ4n) is 1.41. The SMILES string of the molecule is COCCCNC(=O)C(=O)Nc1cc(F)ccc1C. The molecule has 5 nitrogen and oxygen atoms in total. The van der Waals surface area contributed by atoms with Crippen molar-refractivity contribution in [2.75, 3.05) is 25.6 Å². The van der Waals surface area contributed by atoms with Gasteiger partial charge in [-0.3, -0.25) is 9.59 Å². The maximum absolute atomic E-state index is 13.0. The number of ether oxygens (including phenoxy) is 1. The summed E-state index contributed by atoms with van der Waals surface area (Å²) >= 11 is 0. The molecule has 6 heteroatoms. The van der Waals surface area contributed by atoms with Crippen LogP contribution in [0.1, 0.15) is 12.0 Å². The predicted octanol–water partition coefficient (Wildman–Crippen LogP) is 1.23. The van der Waals surface area contributed by atoms with Gasteiger partial charge in [-0.05, 0) is 31.0 Å². The third-order valence-corrected chi connectivity index (χ3v) is 2.46. The van der Waals surface area contributed by atoms with Crippen LogP contribution >= 0.6 is 0 Å². The molecule has 19 heavy (non-hydrogen) atoms. The van der Waals surface area contributed by atoms with E-state index in [0.29, 0.717) is 25.1 Å². The van der Waals surface area contributed by atoms with Crippen LogP contribution in [0.4, 0.5) is 10.1 Å². The number of anilines is 1. The smallest absolute Gasteiger partial charge is 0.313 e. The van der Waals surface area contributed by atoms with E-state index >= 15 is 0 Å². The summed E-state index contributed by atoms with van der Waals surface area (Å²) in [5.41, 5.74) is 0.971. The summed E-state index contributed by atoms with van der Waals surface area (Å²) in [4.78, 5) is 23.0. The minimum absolute atomic E-state index is 0.289. The Bertz CT molecular complexity index is 463. The van der Waals surface area contributed by atoms with E-state index in [4.69, 9.17) is 4.74 Å². The molecule has 0 aromatic heterocycles. The first kappa shape index (κ1) is 15.1. The second-order valence-corrected chi connectivity index (χ2v) is 4.02. The number of rotatable bonds is 5. The Morgan fingerprint density at radius 3 is 2.74 bits per heavy atom. The van der Waals surface area contributed by atoms with Crippen LogP contribution in [0.3, 0.4) is 0 Å². The molecule has 0 fully saturated rings. The number of aryl methyl sites for hydroxylation is 1. The number of benzene rings is 1. The number of carbonyl (C=O) groups is 2. The zero-order valence-corrected chi connectivity index (χ0v) is 11.0. The molecular weight excluding hydrogens is 251 g/mol. The Kier molecular flexibility index (Phi) is 5.95. The van der Waals surface area contributed by atoms with E-state index in [0.717, 1.165) is 0 Å². The van der Waals surface area contributed by atoms with Crippen molar-refractivity contribution in [1.29, 1.82) is 0 Å². The Labute approximate surface area is 111 Å². The highest BCUT2D eigenvalue weighted by Gasteiger charge is 2.14. The minimum atomic E-state index is -0.814. The van der Waals surface area contributed by atoms with E-state index in [9.17, 15) is 14.0 Å². The van der Waals surface area contributed by atoms with Crippen LogP contribution in [0.25, 0.3) is 0 Å². The number of hydrogen-bond acceptors (Lipinski definition) is 3. The van der Waals surface area contributed by atoms with Crippen LogP contribution in [0.15, 0.2) is 18.2 Å². The average Bonchev–Trinajstić information content (AvgIpc) is 2.38. The fraction of sp³-hybridized carbons (Fsp3) is 0.385. The second kappa shape index (κ2) is 7.48. The molecule has 0 atom stereocenters. The highest BCUT2D eigenvalue weighted by Crippen LogP contribution is 2.15. The molecule has 1 aromatic rings. The summed E-state index contributed by atoms with van der Waals surface area (Å²) < 4.78 is 17.8. The van der Waals surface area contributed by atoms with Gasteiger partial charge >= 0.3 is 11.8 Å². The highest BCUT2D eigenvalue weighted by molar-refractivity contribution is 6.39. The summed E-state index contributed by atoms with van der Waals surface area (Å²) in [7, 11) is 1.56. The van der Waals surface area contributed by atoms with Crippen molar-refractivity contribution in [3.63, 3.8) is 0 Å². The summed E-state index contributed by atoms with van der Waals surface area (Å²) in [5, 5.41) is 4.82. The molecule has 0 aliphatic carbocycles. The lowest BCUT2D eigenvalue weighted by Gasteiger charge is -2.08. The molecule has 0 aliphatic heterocycles. The third kappa shape index (κ3) is 5.05. The Balaban J connectivity index is 2.49. The van der Waals surface area contributed by atoms with Crippen molar-refractivity contribution in [3.05, 3.63) is 29.6 Å². The molecule has 0 bridgehead atoms. The molecular formula is C13H17FN2O3. The number of nitrogens with one attached hydrogen (secondary N) is 2. The molecule has 104 valence electrons. The molecule has 0 heterocycles. The molecule has 1 aromatic carbocycles. The first-order chi connectivity index (χ1) is 9.04. The molecule has 0 radical (unpaired) electrons. The molecule has 2 N–H and O–H groups in total. The van der Waals surface area contributed by atoms with E-state index in [-0.39, 0.29) is 5.69 Å². The van der Waals surface area contributed by atoms with Crippen molar-refractivity contribution >= 4 is 17.5 Å². The molecule has 2 amide bonds. The third-order valence-electron chi connectivity index (χ3n) is 2.46. The summed E-state index contributed by atoms with van der Waals surface area (Å²) in [6.45, 7) is 2.57. The van der Waals surface area contributed by atoms with Gasteiger partial charge in [-0.1, -0.05) is 6.07 Å². The number of carbonyl (C=O) groups excluding carboxylic acids is 2. The fourth-order valence-corrected chi connectivity index (χ4v) is 1.41. The first-order valence-electron chi connectivity index (χ1n) is 5.89. The number of amides is 2. The van der Waals surface area contributed by atoms with Gasteiger partial charge in [-0.15, -0.1) is 0 Å². The zero-order valence-electron chi connectivity index (χ0n) is 11.0. The first-order valence-corrected chi connectivity index (χ1v) is 5.89. The molecule has 0 aliphatic rings. The molecule has 0 spiro atoms. The predicted molar refractivity (Wildman–Crippen MR) is 69.3 cm³/mol. The largest absolute Gasteiger partial charge is 0.385 e. The highest BCUT2D eigenvalue weighted by atomic mass is 19.1. The van der Waals surface area contributed by atoms with E-state index in [1.165, 1.54) is 18.2 Å². The molecule has 0 saturated carbocycles. The van der Waals surface area contributed by atoms with Crippen LogP contribution in [0.5, 0.6) is 0 Å². The van der Waals surface area contributed by atoms with Crippen molar-refractivity contribution in [2.45, 2.75) is 13.3 Å². The van der Waals surface area contributed by atoms with Gasteiger partial charge in [0, 0.05) is 25.9 Å². The van der Waals surface area contributed by atoms with Gasteiger partial charge in [0.25, 0.3) is 0 Å². The summed E-state index contributed by atoms with van der Waals surface area (Å²) in [6, 6.07) is 3.99. The quantitative estimate of drug-likeness (QED) is 0.623. The standard InChI is InChI=1S/C13H17FN2O3/c1-9-4-5-10(14)8-11(9)16-13(18)12(17)15-6-3-7-19-2/h4-5,8H,3,6-7H2,1-2H3,(H,15,17)(H,16,18). The molecule has 0 unspecified atom stereocenters. The Morgan fingerprint density at radius 1 is 1.32 bits per heavy atom. The van der Waals surface area contributed by atoms with Crippen LogP contribution in [0.2, 0.25) is 0 Å². The van der Waals surface area contributed by atoms with Crippen LogP contribution < -0.4 is 10.6 Å². The van der Waals surface area contributed by atoms with E-state index in [1.54, 1.807) is 14.0 Å². The maximum atomic E-state index is 13.0. The van der Waals surface area contributed by atoms with E-state index < -0.39 is 17.6 Å². The molecule has 1 rings (SSSR count). The Morgan fingerprint density at radius 2 is 2.05 bits per heavy atom. The molecule has 0 saturated heterocycles. The topological polar surface area (TPSA) is 67.4 Å². The summed E-state index contributed by atoms with van der Waals surface area (Å²) in [5.74, 6) is -2.03. The van der Waals surface area contributed by atoms with Gasteiger partial charge in [0.2, 0.25) is 0 Å². The van der Waals surface area contributed by atoms with Gasteiger partial charge < -0.3 is 15.4 Å². The van der Waals surface area contributed by atoms with Gasteiger partial charge in [-0.2, -0.15) is 0 Å². The lowest BCUT2D eigenvalue weighted by molar-refractivity contribution is -0.136. The van der Waals surface area contributed by atoms with Crippen LogP contribution in [0, 0.1) is 12.7 Å². The average molecular weight is 268 g/mol. The Hall–Kier alpha value is -1.95. The van der Waals surface area contributed by atoms with Crippen molar-refractivity contribution in [2.24, 2.45) is 0 Å². The van der Waals surface area contributed by atoms with Gasteiger partial charge in [0.15, 0.2) is 0 Å². The normalized spacial score (nSPS) is 10.1. The lowest BCUT2D eigenvalue weighted by Crippen LogP contribution is -2.36.